The number of hydrogen-bond acceptors (Lipinski definition) is 6. The quantitative estimate of drug-likeness (QED) is 0.740. The van der Waals surface area contributed by atoms with Crippen LogP contribution >= 0.6 is 0 Å². The van der Waals surface area contributed by atoms with Crippen LogP contribution in [0.1, 0.15) is 23.4 Å². The molecule has 0 radical (unpaired) electrons. The predicted molar refractivity (Wildman–Crippen MR) is 108 cm³/mol. The second-order valence-electron chi connectivity index (χ2n) is 7.15. The standard InChI is InChI=1S/C20H25N7O/c1-14-17(15(2)27-20(22-14)23-19(21)24-27)8-9-18(28)26-12-10-25(11-13-26)16-6-4-3-5-7-16/h3-7H,8-13H2,1-2H3,(H2,21,24). The molecule has 1 aliphatic rings. The van der Waals surface area contributed by atoms with Crippen LogP contribution in [0, 0.1) is 13.8 Å². The highest BCUT2D eigenvalue weighted by molar-refractivity contribution is 5.77. The number of hydrogen-bond donors (Lipinski definition) is 1. The largest absolute Gasteiger partial charge is 0.368 e. The smallest absolute Gasteiger partial charge is 0.254 e. The molecule has 2 aromatic heterocycles. The van der Waals surface area contributed by atoms with E-state index < -0.39 is 0 Å². The Morgan fingerprint density at radius 2 is 1.79 bits per heavy atom. The van der Waals surface area contributed by atoms with Crippen molar-refractivity contribution in [3.8, 4) is 0 Å². The molecule has 0 unspecified atom stereocenters. The maximum atomic E-state index is 12.7. The molecule has 1 saturated heterocycles. The van der Waals surface area contributed by atoms with Crippen LogP contribution in [0.25, 0.3) is 5.78 Å². The molecule has 28 heavy (non-hydrogen) atoms. The molecule has 8 nitrogen and oxygen atoms in total. The van der Waals surface area contributed by atoms with E-state index in [1.54, 1.807) is 4.52 Å². The number of nitrogen functional groups attached to an aromatic ring is 1. The molecule has 4 rings (SSSR count). The highest BCUT2D eigenvalue weighted by Crippen LogP contribution is 2.18. The number of aryl methyl sites for hydroxylation is 2. The summed E-state index contributed by atoms with van der Waals surface area (Å²) < 4.78 is 1.65. The minimum atomic E-state index is 0.185. The number of benzene rings is 1. The predicted octanol–water partition coefficient (Wildman–Crippen LogP) is 1.60. The molecule has 1 aromatic carbocycles. The van der Waals surface area contributed by atoms with Crippen LogP contribution in [-0.2, 0) is 11.2 Å². The van der Waals surface area contributed by atoms with Crippen molar-refractivity contribution in [1.82, 2.24) is 24.5 Å². The van der Waals surface area contributed by atoms with Crippen molar-refractivity contribution in [3.05, 3.63) is 47.3 Å². The third kappa shape index (κ3) is 3.49. The Bertz CT molecular complexity index is 991. The lowest BCUT2D eigenvalue weighted by molar-refractivity contribution is -0.131. The summed E-state index contributed by atoms with van der Waals surface area (Å²) in [5.41, 5.74) is 9.75. The minimum absolute atomic E-state index is 0.185. The van der Waals surface area contributed by atoms with Crippen LogP contribution in [0.4, 0.5) is 11.6 Å². The number of amides is 1. The topological polar surface area (TPSA) is 92.6 Å². The van der Waals surface area contributed by atoms with Crippen molar-refractivity contribution in [2.45, 2.75) is 26.7 Å². The molecular weight excluding hydrogens is 354 g/mol. The summed E-state index contributed by atoms with van der Waals surface area (Å²) in [6.07, 6.45) is 1.10. The molecule has 146 valence electrons. The summed E-state index contributed by atoms with van der Waals surface area (Å²) in [7, 11) is 0. The first-order valence-corrected chi connectivity index (χ1v) is 9.59. The lowest BCUT2D eigenvalue weighted by atomic mass is 10.1. The van der Waals surface area contributed by atoms with Gasteiger partial charge in [-0.1, -0.05) is 18.2 Å². The van der Waals surface area contributed by atoms with Crippen molar-refractivity contribution < 1.29 is 4.79 Å². The van der Waals surface area contributed by atoms with Gasteiger partial charge < -0.3 is 15.5 Å². The van der Waals surface area contributed by atoms with Crippen LogP contribution in [-0.4, -0.2) is 56.6 Å². The first-order chi connectivity index (χ1) is 13.5. The van der Waals surface area contributed by atoms with Crippen LogP contribution in [0.15, 0.2) is 30.3 Å². The Morgan fingerprint density at radius 3 is 2.50 bits per heavy atom. The SMILES string of the molecule is Cc1nc2nc(N)nn2c(C)c1CCC(=O)N1CCN(c2ccccc2)CC1. The third-order valence-corrected chi connectivity index (χ3v) is 5.41. The molecule has 0 spiro atoms. The number of nitrogens with zero attached hydrogens (tertiary/aromatic N) is 6. The third-order valence-electron chi connectivity index (χ3n) is 5.41. The average Bonchev–Trinajstić information content (AvgIpc) is 3.09. The van der Waals surface area contributed by atoms with Crippen molar-refractivity contribution >= 4 is 23.3 Å². The number of aromatic nitrogens is 4. The Balaban J connectivity index is 1.38. The number of carbonyl (C=O) groups excluding carboxylic acids is 1. The first kappa shape index (κ1) is 18.2. The molecule has 8 heteroatoms. The summed E-state index contributed by atoms with van der Waals surface area (Å²) >= 11 is 0. The maximum absolute atomic E-state index is 12.7. The van der Waals surface area contributed by atoms with Crippen LogP contribution in [0.2, 0.25) is 0 Å². The Hall–Kier alpha value is -3.16. The summed E-state index contributed by atoms with van der Waals surface area (Å²) in [5.74, 6) is 0.892. The number of anilines is 2. The zero-order valence-electron chi connectivity index (χ0n) is 16.3. The normalized spacial score (nSPS) is 14.6. The molecule has 3 heterocycles. The molecule has 0 saturated carbocycles. The van der Waals surface area contributed by atoms with Gasteiger partial charge in [-0.2, -0.15) is 9.50 Å². The summed E-state index contributed by atoms with van der Waals surface area (Å²) in [5, 5.41) is 4.19. The van der Waals surface area contributed by atoms with Gasteiger partial charge in [-0.25, -0.2) is 4.98 Å². The van der Waals surface area contributed by atoms with Gasteiger partial charge in [0.2, 0.25) is 11.9 Å². The van der Waals surface area contributed by atoms with Gasteiger partial charge in [0, 0.05) is 49.7 Å². The van der Waals surface area contributed by atoms with Gasteiger partial charge in [-0.15, -0.1) is 5.10 Å². The fourth-order valence-corrected chi connectivity index (χ4v) is 3.83. The second kappa shape index (κ2) is 7.46. The molecular formula is C20H25N7O. The number of piperazine rings is 1. The van der Waals surface area contributed by atoms with E-state index in [4.69, 9.17) is 5.73 Å². The average molecular weight is 379 g/mol. The molecule has 2 N–H and O–H groups in total. The minimum Gasteiger partial charge on any atom is -0.368 e. The van der Waals surface area contributed by atoms with Crippen molar-refractivity contribution in [1.29, 1.82) is 0 Å². The van der Waals surface area contributed by atoms with E-state index in [0.717, 1.165) is 43.1 Å². The number of carbonyl (C=O) groups is 1. The second-order valence-corrected chi connectivity index (χ2v) is 7.15. The first-order valence-electron chi connectivity index (χ1n) is 9.59. The molecule has 0 atom stereocenters. The van der Waals surface area contributed by atoms with Gasteiger partial charge in [0.25, 0.3) is 5.78 Å². The highest BCUT2D eigenvalue weighted by atomic mass is 16.2. The Labute approximate surface area is 164 Å². The molecule has 1 aliphatic heterocycles. The van der Waals surface area contributed by atoms with Crippen LogP contribution in [0.5, 0.6) is 0 Å². The Morgan fingerprint density at radius 1 is 1.07 bits per heavy atom. The number of para-hydroxylation sites is 1. The van der Waals surface area contributed by atoms with E-state index in [9.17, 15) is 4.79 Å². The zero-order valence-corrected chi connectivity index (χ0v) is 16.3. The number of fused-ring (bicyclic) bond motifs is 1. The van der Waals surface area contributed by atoms with Gasteiger partial charge in [0.15, 0.2) is 0 Å². The van der Waals surface area contributed by atoms with E-state index in [1.807, 2.05) is 36.9 Å². The molecule has 0 bridgehead atoms. The van der Waals surface area contributed by atoms with Crippen molar-refractivity contribution in [2.24, 2.45) is 0 Å². The van der Waals surface area contributed by atoms with E-state index in [0.29, 0.717) is 18.6 Å². The summed E-state index contributed by atoms with van der Waals surface area (Å²) in [6, 6.07) is 10.3. The summed E-state index contributed by atoms with van der Waals surface area (Å²) in [6.45, 7) is 7.13. The Kier molecular flexibility index (Phi) is 4.85. The summed E-state index contributed by atoms with van der Waals surface area (Å²) in [4.78, 5) is 25.6. The van der Waals surface area contributed by atoms with Crippen molar-refractivity contribution in [3.63, 3.8) is 0 Å². The number of rotatable bonds is 4. The fourth-order valence-electron chi connectivity index (χ4n) is 3.83. The number of nitrogens with two attached hydrogens (primary N) is 1. The maximum Gasteiger partial charge on any atom is 0.254 e. The lowest BCUT2D eigenvalue weighted by Crippen LogP contribution is -2.48. The lowest BCUT2D eigenvalue weighted by Gasteiger charge is -2.36. The van der Waals surface area contributed by atoms with E-state index in [1.165, 1.54) is 5.69 Å². The molecule has 1 fully saturated rings. The van der Waals surface area contributed by atoms with Crippen molar-refractivity contribution in [2.75, 3.05) is 36.8 Å². The molecule has 3 aromatic rings. The van der Waals surface area contributed by atoms with Gasteiger partial charge in [0.1, 0.15) is 0 Å². The van der Waals surface area contributed by atoms with E-state index >= 15 is 0 Å². The van der Waals surface area contributed by atoms with Crippen LogP contribution in [0.3, 0.4) is 0 Å². The molecule has 0 aliphatic carbocycles. The highest BCUT2D eigenvalue weighted by Gasteiger charge is 2.22. The van der Waals surface area contributed by atoms with Gasteiger partial charge in [-0.05, 0) is 38.0 Å². The van der Waals surface area contributed by atoms with Crippen LogP contribution < -0.4 is 10.6 Å². The van der Waals surface area contributed by atoms with E-state index in [-0.39, 0.29) is 11.9 Å². The zero-order chi connectivity index (χ0) is 19.7. The van der Waals surface area contributed by atoms with E-state index in [2.05, 4.69) is 32.1 Å². The monoisotopic (exact) mass is 379 g/mol. The van der Waals surface area contributed by atoms with Gasteiger partial charge in [0.05, 0.1) is 0 Å². The fraction of sp³-hybridized carbons (Fsp3) is 0.400. The molecule has 1 amide bonds. The van der Waals surface area contributed by atoms with Gasteiger partial charge in [-0.3, -0.25) is 4.79 Å². The van der Waals surface area contributed by atoms with Gasteiger partial charge >= 0.3 is 0 Å².